The van der Waals surface area contributed by atoms with Crippen molar-refractivity contribution in [2.75, 3.05) is 27.4 Å². The maximum Gasteiger partial charge on any atom is 0.0474 e. The second-order valence-corrected chi connectivity index (χ2v) is 10.0. The Hall–Kier alpha value is -3.20. The Bertz CT molecular complexity index is 1170. The van der Waals surface area contributed by atoms with E-state index in [1.165, 1.54) is 44.5 Å². The third kappa shape index (κ3) is 3.24. The normalized spacial score (nSPS) is 15.8. The van der Waals surface area contributed by atoms with E-state index < -0.39 is 0 Å². The summed E-state index contributed by atoms with van der Waals surface area (Å²) in [5.74, 6) is 0. The third-order valence-corrected chi connectivity index (χ3v) is 8.42. The molecule has 0 aromatic heterocycles. The molecule has 0 saturated heterocycles. The van der Waals surface area contributed by atoms with E-state index in [0.29, 0.717) is 13.2 Å². The highest BCUT2D eigenvalue weighted by molar-refractivity contribution is 5.84. The van der Waals surface area contributed by atoms with Crippen molar-refractivity contribution in [2.45, 2.75) is 30.1 Å². The molecule has 4 aromatic rings. The second kappa shape index (κ2) is 8.78. The van der Waals surface area contributed by atoms with Crippen molar-refractivity contribution in [3.63, 3.8) is 0 Å². The van der Waals surface area contributed by atoms with Gasteiger partial charge < -0.3 is 9.47 Å². The van der Waals surface area contributed by atoms with Crippen molar-refractivity contribution >= 4 is 0 Å². The zero-order valence-corrected chi connectivity index (χ0v) is 20.6. The Morgan fingerprint density at radius 2 is 0.743 bits per heavy atom. The van der Waals surface area contributed by atoms with Crippen LogP contribution in [0.3, 0.4) is 0 Å². The molecule has 0 bridgehead atoms. The molecule has 2 aliphatic carbocycles. The Labute approximate surface area is 208 Å². The third-order valence-electron chi connectivity index (χ3n) is 8.42. The standard InChI is InChI=1S/C33H32O2/c1-34-21-19-32(28-15-7-3-11-24(28)25-12-4-8-16-29(25)32)23-33(20-22-35-2)30-17-9-5-13-26(30)27-14-6-10-18-31(27)33/h3-18H,19-23H2,1-2H3. The van der Waals surface area contributed by atoms with Gasteiger partial charge in [0.05, 0.1) is 0 Å². The van der Waals surface area contributed by atoms with Crippen molar-refractivity contribution in [1.82, 2.24) is 0 Å². The van der Waals surface area contributed by atoms with Gasteiger partial charge in [-0.25, -0.2) is 0 Å². The minimum absolute atomic E-state index is 0.151. The maximum absolute atomic E-state index is 5.75. The Morgan fingerprint density at radius 3 is 1.03 bits per heavy atom. The lowest BCUT2D eigenvalue weighted by Crippen LogP contribution is -2.39. The number of rotatable bonds is 8. The minimum Gasteiger partial charge on any atom is -0.385 e. The summed E-state index contributed by atoms with van der Waals surface area (Å²) in [6, 6.07) is 36.0. The molecule has 35 heavy (non-hydrogen) atoms. The van der Waals surface area contributed by atoms with Crippen LogP contribution < -0.4 is 0 Å². The van der Waals surface area contributed by atoms with Gasteiger partial charge in [-0.1, -0.05) is 97.1 Å². The first-order valence-corrected chi connectivity index (χ1v) is 12.6. The average Bonchev–Trinajstić information content (AvgIpc) is 3.35. The fraction of sp³-hybridized carbons (Fsp3) is 0.273. The summed E-state index contributed by atoms with van der Waals surface area (Å²) < 4.78 is 11.5. The summed E-state index contributed by atoms with van der Waals surface area (Å²) in [5.41, 5.74) is 10.9. The van der Waals surface area contributed by atoms with Crippen LogP contribution in [0.5, 0.6) is 0 Å². The highest BCUT2D eigenvalue weighted by atomic mass is 16.5. The smallest absolute Gasteiger partial charge is 0.0474 e. The minimum atomic E-state index is -0.151. The van der Waals surface area contributed by atoms with Crippen LogP contribution in [0.2, 0.25) is 0 Å². The number of methoxy groups -OCH3 is 2. The lowest BCUT2D eigenvalue weighted by molar-refractivity contribution is 0.149. The lowest BCUT2D eigenvalue weighted by atomic mass is 9.60. The van der Waals surface area contributed by atoms with E-state index in [2.05, 4.69) is 97.1 Å². The monoisotopic (exact) mass is 460 g/mol. The fourth-order valence-electron chi connectivity index (χ4n) is 7.00. The first-order chi connectivity index (χ1) is 17.2. The van der Waals surface area contributed by atoms with Gasteiger partial charge in [-0.3, -0.25) is 0 Å². The lowest BCUT2D eigenvalue weighted by Gasteiger charge is -2.42. The van der Waals surface area contributed by atoms with Crippen LogP contribution in [-0.4, -0.2) is 27.4 Å². The molecule has 0 saturated carbocycles. The van der Waals surface area contributed by atoms with Crippen LogP contribution in [0.25, 0.3) is 22.3 Å². The van der Waals surface area contributed by atoms with Crippen molar-refractivity contribution in [1.29, 1.82) is 0 Å². The van der Waals surface area contributed by atoms with Gasteiger partial charge in [0.2, 0.25) is 0 Å². The number of fused-ring (bicyclic) bond motifs is 6. The number of benzene rings is 4. The fourth-order valence-corrected chi connectivity index (χ4v) is 7.00. The van der Waals surface area contributed by atoms with Crippen LogP contribution in [0.15, 0.2) is 97.1 Å². The highest BCUT2D eigenvalue weighted by Gasteiger charge is 2.52. The quantitative estimate of drug-likeness (QED) is 0.273. The molecule has 0 N–H and O–H groups in total. The van der Waals surface area contributed by atoms with E-state index in [4.69, 9.17) is 9.47 Å². The molecular weight excluding hydrogens is 428 g/mol. The van der Waals surface area contributed by atoms with Gasteiger partial charge in [-0.2, -0.15) is 0 Å². The molecule has 2 nitrogen and oxygen atoms in total. The van der Waals surface area contributed by atoms with Crippen LogP contribution >= 0.6 is 0 Å². The molecule has 4 aromatic carbocycles. The van der Waals surface area contributed by atoms with Gasteiger partial charge in [0, 0.05) is 38.3 Å². The van der Waals surface area contributed by atoms with E-state index in [1.807, 2.05) is 14.2 Å². The summed E-state index contributed by atoms with van der Waals surface area (Å²) in [6.07, 6.45) is 2.86. The summed E-state index contributed by atoms with van der Waals surface area (Å²) in [4.78, 5) is 0. The van der Waals surface area contributed by atoms with Crippen LogP contribution in [0, 0.1) is 0 Å². The Kier molecular flexibility index (Phi) is 5.59. The largest absolute Gasteiger partial charge is 0.385 e. The van der Waals surface area contributed by atoms with E-state index in [-0.39, 0.29) is 10.8 Å². The molecule has 0 spiro atoms. The summed E-state index contributed by atoms with van der Waals surface area (Å²) in [6.45, 7) is 1.43. The number of ether oxygens (including phenoxy) is 2. The van der Waals surface area contributed by atoms with Gasteiger partial charge in [0.25, 0.3) is 0 Å². The average molecular weight is 461 g/mol. The maximum atomic E-state index is 5.75. The van der Waals surface area contributed by atoms with Crippen LogP contribution in [0.1, 0.15) is 41.5 Å². The molecule has 0 heterocycles. The molecule has 0 aliphatic heterocycles. The van der Waals surface area contributed by atoms with Gasteiger partial charge in [0.1, 0.15) is 0 Å². The summed E-state index contributed by atoms with van der Waals surface area (Å²) in [7, 11) is 3.64. The van der Waals surface area contributed by atoms with Crippen LogP contribution in [-0.2, 0) is 20.3 Å². The van der Waals surface area contributed by atoms with Crippen molar-refractivity contribution in [2.24, 2.45) is 0 Å². The Morgan fingerprint density at radius 1 is 0.457 bits per heavy atom. The van der Waals surface area contributed by atoms with Crippen molar-refractivity contribution < 1.29 is 9.47 Å². The summed E-state index contributed by atoms with van der Waals surface area (Å²) in [5, 5.41) is 0. The van der Waals surface area contributed by atoms with Gasteiger partial charge in [-0.05, 0) is 63.8 Å². The van der Waals surface area contributed by atoms with Crippen LogP contribution in [0.4, 0.5) is 0 Å². The second-order valence-electron chi connectivity index (χ2n) is 10.0. The van der Waals surface area contributed by atoms with E-state index in [1.54, 1.807) is 0 Å². The SMILES string of the molecule is COCCC1(CC2(CCOC)c3ccccc3-c3ccccc32)c2ccccc2-c2ccccc21. The zero-order chi connectivity index (χ0) is 23.9. The molecule has 0 amide bonds. The Balaban J connectivity index is 1.63. The molecule has 2 heteroatoms. The van der Waals surface area contributed by atoms with Gasteiger partial charge >= 0.3 is 0 Å². The highest BCUT2D eigenvalue weighted by Crippen LogP contribution is 2.61. The topological polar surface area (TPSA) is 18.5 Å². The molecule has 0 fully saturated rings. The number of hydrogen-bond acceptors (Lipinski definition) is 2. The molecule has 176 valence electrons. The van der Waals surface area contributed by atoms with E-state index in [0.717, 1.165) is 19.3 Å². The van der Waals surface area contributed by atoms with Gasteiger partial charge in [-0.15, -0.1) is 0 Å². The molecule has 0 radical (unpaired) electrons. The first-order valence-electron chi connectivity index (χ1n) is 12.6. The zero-order valence-electron chi connectivity index (χ0n) is 20.6. The van der Waals surface area contributed by atoms with Gasteiger partial charge in [0.15, 0.2) is 0 Å². The van der Waals surface area contributed by atoms with Crippen molar-refractivity contribution in [3.8, 4) is 22.3 Å². The predicted molar refractivity (Wildman–Crippen MR) is 143 cm³/mol. The first kappa shape index (κ1) is 22.3. The molecule has 0 unspecified atom stereocenters. The molecule has 6 rings (SSSR count). The van der Waals surface area contributed by atoms with E-state index >= 15 is 0 Å². The number of hydrogen-bond donors (Lipinski definition) is 0. The van der Waals surface area contributed by atoms with Crippen molar-refractivity contribution in [3.05, 3.63) is 119 Å². The molecule has 0 atom stereocenters. The summed E-state index contributed by atoms with van der Waals surface area (Å²) >= 11 is 0. The molecular formula is C33H32O2. The molecule has 2 aliphatic rings. The van der Waals surface area contributed by atoms with E-state index in [9.17, 15) is 0 Å². The predicted octanol–water partition coefficient (Wildman–Crippen LogP) is 7.38.